The first-order valence-corrected chi connectivity index (χ1v) is 12.8. The summed E-state index contributed by atoms with van der Waals surface area (Å²) in [5, 5.41) is 1.63. The van der Waals surface area contributed by atoms with Crippen molar-refractivity contribution in [1.82, 2.24) is 19.4 Å². The van der Waals surface area contributed by atoms with Crippen molar-refractivity contribution in [3.63, 3.8) is 0 Å². The minimum atomic E-state index is -2.09. The van der Waals surface area contributed by atoms with Crippen molar-refractivity contribution in [2.24, 2.45) is 5.41 Å². The van der Waals surface area contributed by atoms with Crippen LogP contribution in [0.15, 0.2) is 97.3 Å². The van der Waals surface area contributed by atoms with Crippen molar-refractivity contribution in [3.8, 4) is 11.3 Å². The quantitative estimate of drug-likeness (QED) is 0.134. The van der Waals surface area contributed by atoms with Gasteiger partial charge in [-0.2, -0.15) is 0 Å². The minimum absolute atomic E-state index is 0. The van der Waals surface area contributed by atoms with Gasteiger partial charge in [-0.25, -0.2) is 4.98 Å². The van der Waals surface area contributed by atoms with Gasteiger partial charge in [0.05, 0.1) is 11.0 Å². The van der Waals surface area contributed by atoms with Crippen LogP contribution in [0.2, 0.25) is 0 Å². The van der Waals surface area contributed by atoms with E-state index in [0.29, 0.717) is 5.56 Å². The summed E-state index contributed by atoms with van der Waals surface area (Å²) in [4.78, 5) is 13.7. The number of imidazole rings is 1. The molecule has 0 spiro atoms. The maximum Gasteiger partial charge on any atom is 0.130 e. The van der Waals surface area contributed by atoms with Crippen LogP contribution in [0.25, 0.3) is 49.7 Å². The van der Waals surface area contributed by atoms with Gasteiger partial charge in [0, 0.05) is 50.3 Å². The Bertz CT molecular complexity index is 2120. The molecule has 1 radical (unpaired) electrons. The molecule has 201 valence electrons. The Balaban J connectivity index is 0.000000202. The fraction of sp³-hybridized carbons (Fsp3) is 0.171. The van der Waals surface area contributed by atoms with E-state index in [1.54, 1.807) is 30.5 Å². The van der Waals surface area contributed by atoms with E-state index in [0.717, 1.165) is 49.7 Å². The van der Waals surface area contributed by atoms with Crippen molar-refractivity contribution in [2.45, 2.75) is 34.0 Å². The molecule has 0 amide bonds. The van der Waals surface area contributed by atoms with E-state index in [-0.39, 0.29) is 25.7 Å². The van der Waals surface area contributed by atoms with Gasteiger partial charge in [0.2, 0.25) is 0 Å². The van der Waals surface area contributed by atoms with Gasteiger partial charge in [-0.15, -0.1) is 65.5 Å². The van der Waals surface area contributed by atoms with Crippen molar-refractivity contribution >= 4 is 38.5 Å². The number of hydrogen-bond acceptors (Lipinski definition) is 3. The number of nitrogens with zero attached hydrogens (tertiary/aromatic N) is 4. The molecule has 3 aromatic carbocycles. The van der Waals surface area contributed by atoms with Crippen LogP contribution in [0.3, 0.4) is 0 Å². The van der Waals surface area contributed by atoms with Crippen molar-refractivity contribution in [1.29, 1.82) is 0 Å². The Morgan fingerprint density at radius 2 is 1.68 bits per heavy atom. The number of pyridine rings is 3. The second-order valence-electron chi connectivity index (χ2n) is 10.4. The van der Waals surface area contributed by atoms with E-state index in [2.05, 4.69) is 26.5 Å². The maximum atomic E-state index is 8.91. The van der Waals surface area contributed by atoms with Gasteiger partial charge in [-0.05, 0) is 59.2 Å². The monoisotopic (exact) mass is 704 g/mol. The van der Waals surface area contributed by atoms with E-state index in [4.69, 9.17) is 11.8 Å². The number of aryl methyl sites for hydroxylation is 1. The van der Waals surface area contributed by atoms with Gasteiger partial charge in [-0.1, -0.05) is 45.0 Å². The Labute approximate surface area is 255 Å². The number of para-hydroxylation sites is 2. The fourth-order valence-electron chi connectivity index (χ4n) is 4.73. The summed E-state index contributed by atoms with van der Waals surface area (Å²) < 4.78 is 41.6. The molecule has 0 aliphatic carbocycles. The molecule has 0 fully saturated rings. The first-order chi connectivity index (χ1) is 20.9. The number of aromatic nitrogens is 4. The largest absolute Gasteiger partial charge is 0.335 e. The molecule has 4 nitrogen and oxygen atoms in total. The first kappa shape index (κ1) is 21.8. The molecular formula is C35H30IrN4-2. The molecule has 4 heterocycles. The molecule has 0 saturated carbocycles. The Kier molecular flexibility index (Phi) is 6.16. The molecule has 0 N–H and O–H groups in total. The van der Waals surface area contributed by atoms with Crippen LogP contribution in [-0.2, 0) is 26.5 Å². The molecule has 0 saturated heterocycles. The summed E-state index contributed by atoms with van der Waals surface area (Å²) in [5.41, 5.74) is 6.20. The Morgan fingerprint density at radius 3 is 2.42 bits per heavy atom. The third-order valence-corrected chi connectivity index (χ3v) is 6.31. The van der Waals surface area contributed by atoms with E-state index in [9.17, 15) is 0 Å². The molecule has 0 bridgehead atoms. The zero-order valence-electron chi connectivity index (χ0n) is 27.4. The molecule has 5 heteroatoms. The zero-order chi connectivity index (χ0) is 31.3. The van der Waals surface area contributed by atoms with E-state index in [1.165, 1.54) is 6.20 Å². The van der Waals surface area contributed by atoms with Crippen LogP contribution in [0.5, 0.6) is 0 Å². The fourth-order valence-corrected chi connectivity index (χ4v) is 4.73. The van der Waals surface area contributed by atoms with Gasteiger partial charge < -0.3 is 14.4 Å². The number of fused-ring (bicyclic) bond motifs is 8. The smallest absolute Gasteiger partial charge is 0.130 e. The molecular weight excluding hydrogens is 669 g/mol. The minimum Gasteiger partial charge on any atom is -0.335 e. The number of hydrogen-bond donors (Lipinski definition) is 0. The Hall–Kier alpha value is -3.92. The van der Waals surface area contributed by atoms with Gasteiger partial charge in [0.25, 0.3) is 0 Å². The van der Waals surface area contributed by atoms with E-state index >= 15 is 0 Å². The SMILES string of the molecule is [2H]C([2H])([2H])c1ccc(-c2[c-]cccc2)nc1.[2H]C([2H])(c1ccnc2c3[c-]cccc3n3c4ccccc4nc3c12)C(C)(C)C.[Ir]. The topological polar surface area (TPSA) is 43.1 Å². The Morgan fingerprint density at radius 1 is 0.875 bits per heavy atom. The summed E-state index contributed by atoms with van der Waals surface area (Å²) in [6, 6.07) is 32.8. The van der Waals surface area contributed by atoms with Crippen LogP contribution in [0.1, 0.15) is 38.8 Å². The molecule has 4 aromatic heterocycles. The molecule has 0 aliphatic rings. The normalized spacial score (nSPS) is 13.9. The number of benzene rings is 3. The van der Waals surface area contributed by atoms with Crippen LogP contribution < -0.4 is 0 Å². The van der Waals surface area contributed by atoms with E-state index < -0.39 is 18.6 Å². The zero-order valence-corrected chi connectivity index (χ0v) is 24.8. The number of rotatable bonds is 2. The molecule has 0 aliphatic heterocycles. The van der Waals surface area contributed by atoms with Crippen LogP contribution >= 0.6 is 0 Å². The van der Waals surface area contributed by atoms with E-state index in [1.807, 2.05) is 81.4 Å². The summed E-state index contributed by atoms with van der Waals surface area (Å²) in [5.74, 6) is 0. The summed E-state index contributed by atoms with van der Waals surface area (Å²) in [6.45, 7) is 3.68. The second-order valence-corrected chi connectivity index (χ2v) is 10.4. The third-order valence-electron chi connectivity index (χ3n) is 6.31. The van der Waals surface area contributed by atoms with Crippen molar-refractivity contribution < 1.29 is 27.0 Å². The molecule has 40 heavy (non-hydrogen) atoms. The van der Waals surface area contributed by atoms with Gasteiger partial charge in [0.1, 0.15) is 5.65 Å². The third kappa shape index (κ3) is 5.40. The van der Waals surface area contributed by atoms with Crippen LogP contribution in [-0.4, -0.2) is 19.4 Å². The van der Waals surface area contributed by atoms with Gasteiger partial charge in [0.15, 0.2) is 0 Å². The first-order valence-electron chi connectivity index (χ1n) is 15.3. The molecule has 0 atom stereocenters. The summed E-state index contributed by atoms with van der Waals surface area (Å²) in [7, 11) is 0. The van der Waals surface area contributed by atoms with Crippen molar-refractivity contribution in [3.05, 3.63) is 121 Å². The van der Waals surface area contributed by atoms with Gasteiger partial charge in [-0.3, -0.25) is 0 Å². The summed E-state index contributed by atoms with van der Waals surface area (Å²) >= 11 is 0. The average molecular weight is 704 g/mol. The predicted molar refractivity (Wildman–Crippen MR) is 161 cm³/mol. The standard InChI is InChI=1S/C23H20N3.C12H10N.Ir/c1-23(2,3)14-15-12-13-24-21-16-8-4-6-10-18(16)26-19-11-7-5-9-17(19)25-22(26)20(15)21;1-10-7-8-12(13-9-10)11-5-3-2-4-6-11;/h4-7,9-13H,14H2,1-3H3;2-5,7-9H,1H3;/q2*-1;/i14D2;1D3;. The molecule has 0 unspecified atom stereocenters. The summed E-state index contributed by atoms with van der Waals surface area (Å²) in [6.07, 6.45) is 1.53. The van der Waals surface area contributed by atoms with Crippen LogP contribution in [0, 0.1) is 24.4 Å². The van der Waals surface area contributed by atoms with Crippen molar-refractivity contribution in [2.75, 3.05) is 0 Å². The second kappa shape index (κ2) is 11.3. The molecule has 7 aromatic rings. The maximum absolute atomic E-state index is 8.91. The van der Waals surface area contributed by atoms with Gasteiger partial charge >= 0.3 is 0 Å². The predicted octanol–water partition coefficient (Wildman–Crippen LogP) is 8.43. The average Bonchev–Trinajstić information content (AvgIpc) is 3.41. The molecule has 7 rings (SSSR count). The van der Waals surface area contributed by atoms with Crippen LogP contribution in [0.4, 0.5) is 0 Å².